The summed E-state index contributed by atoms with van der Waals surface area (Å²) in [4.78, 5) is 31.4. The lowest BCUT2D eigenvalue weighted by Crippen LogP contribution is -2.29. The highest BCUT2D eigenvalue weighted by molar-refractivity contribution is 5.95. The number of carbonyl (C=O) groups excluding carboxylic acids is 2. The first-order chi connectivity index (χ1) is 8.56. The molecule has 0 aliphatic heterocycles. The molecule has 2 amide bonds. The molecule has 7 heteroatoms. The van der Waals surface area contributed by atoms with Crippen LogP contribution in [0.1, 0.15) is 23.7 Å². The van der Waals surface area contributed by atoms with Crippen LogP contribution in [0.2, 0.25) is 0 Å². The van der Waals surface area contributed by atoms with Gasteiger partial charge in [0.25, 0.3) is 0 Å². The fourth-order valence-electron chi connectivity index (χ4n) is 1.24. The van der Waals surface area contributed by atoms with E-state index in [1.165, 1.54) is 25.4 Å². The smallest absolute Gasteiger partial charge is 0.250 e. The number of amides is 2. The fourth-order valence-corrected chi connectivity index (χ4v) is 1.24. The van der Waals surface area contributed by atoms with E-state index in [9.17, 15) is 9.59 Å². The number of rotatable bonds is 6. The van der Waals surface area contributed by atoms with Crippen molar-refractivity contribution in [3.8, 4) is 0 Å². The second-order valence-electron chi connectivity index (χ2n) is 3.52. The Bertz CT molecular complexity index is 436. The van der Waals surface area contributed by atoms with Crippen LogP contribution in [0.5, 0.6) is 0 Å². The SMILES string of the molecule is CC(=O)N(OCCCO)c1cncc(C(N)=O)c1. The standard InChI is InChI=1S/C11H15N3O4/c1-8(16)14(18-4-2-3-15)10-5-9(11(12)17)6-13-7-10/h5-7,15H,2-4H2,1H3,(H2,12,17). The van der Waals surface area contributed by atoms with Crippen molar-refractivity contribution in [1.82, 2.24) is 4.98 Å². The molecule has 1 rings (SSSR count). The number of hydrogen-bond acceptors (Lipinski definition) is 5. The van der Waals surface area contributed by atoms with Crippen molar-refractivity contribution in [3.05, 3.63) is 24.0 Å². The second-order valence-corrected chi connectivity index (χ2v) is 3.52. The number of anilines is 1. The quantitative estimate of drug-likeness (QED) is 0.541. The Balaban J connectivity index is 2.88. The number of hydrogen-bond donors (Lipinski definition) is 2. The Kier molecular flexibility index (Phi) is 5.22. The Labute approximate surface area is 104 Å². The van der Waals surface area contributed by atoms with Crippen LogP contribution in [0, 0.1) is 0 Å². The first-order valence-corrected chi connectivity index (χ1v) is 5.35. The summed E-state index contributed by atoms with van der Waals surface area (Å²) < 4.78 is 0. The molecule has 1 aromatic rings. The monoisotopic (exact) mass is 253 g/mol. The number of primary amides is 1. The van der Waals surface area contributed by atoms with Crippen molar-refractivity contribution >= 4 is 17.5 Å². The normalized spacial score (nSPS) is 10.1. The van der Waals surface area contributed by atoms with Crippen LogP contribution in [0.25, 0.3) is 0 Å². The first-order valence-electron chi connectivity index (χ1n) is 5.35. The van der Waals surface area contributed by atoms with Gasteiger partial charge in [0.15, 0.2) is 0 Å². The number of nitrogens with two attached hydrogens (primary N) is 1. The summed E-state index contributed by atoms with van der Waals surface area (Å²) in [5, 5.41) is 9.66. The Hall–Kier alpha value is -1.99. The minimum atomic E-state index is -0.636. The molecule has 3 N–H and O–H groups in total. The molecule has 18 heavy (non-hydrogen) atoms. The highest BCUT2D eigenvalue weighted by Gasteiger charge is 2.14. The Morgan fingerprint density at radius 3 is 2.78 bits per heavy atom. The predicted octanol–water partition coefficient (Wildman–Crippen LogP) is -0.153. The largest absolute Gasteiger partial charge is 0.396 e. The molecule has 0 aliphatic carbocycles. The lowest BCUT2D eigenvalue weighted by atomic mass is 10.2. The molecule has 0 bridgehead atoms. The maximum atomic E-state index is 11.4. The van der Waals surface area contributed by atoms with Crippen molar-refractivity contribution in [2.75, 3.05) is 18.3 Å². The molecular formula is C11H15N3O4. The van der Waals surface area contributed by atoms with Crippen molar-refractivity contribution in [2.45, 2.75) is 13.3 Å². The first kappa shape index (κ1) is 14.1. The number of carbonyl (C=O) groups is 2. The topological polar surface area (TPSA) is 106 Å². The number of hydroxylamine groups is 1. The van der Waals surface area contributed by atoms with Crippen LogP contribution < -0.4 is 10.8 Å². The van der Waals surface area contributed by atoms with Gasteiger partial charge in [-0.1, -0.05) is 0 Å². The summed E-state index contributed by atoms with van der Waals surface area (Å²) in [7, 11) is 0. The van der Waals surface area contributed by atoms with E-state index in [-0.39, 0.29) is 24.7 Å². The zero-order chi connectivity index (χ0) is 13.5. The van der Waals surface area contributed by atoms with Gasteiger partial charge in [0, 0.05) is 19.7 Å². The number of pyridine rings is 1. The summed E-state index contributed by atoms with van der Waals surface area (Å²) in [6.07, 6.45) is 3.08. The van der Waals surface area contributed by atoms with Gasteiger partial charge in [0.2, 0.25) is 11.8 Å². The molecule has 0 fully saturated rings. The molecule has 0 radical (unpaired) electrons. The minimum Gasteiger partial charge on any atom is -0.396 e. The lowest BCUT2D eigenvalue weighted by Gasteiger charge is -2.20. The number of aliphatic hydroxyl groups is 1. The van der Waals surface area contributed by atoms with Crippen molar-refractivity contribution in [2.24, 2.45) is 5.73 Å². The molecule has 0 atom stereocenters. The van der Waals surface area contributed by atoms with E-state index in [1.807, 2.05) is 0 Å². The highest BCUT2D eigenvalue weighted by atomic mass is 16.7. The van der Waals surface area contributed by atoms with Gasteiger partial charge in [-0.2, -0.15) is 5.06 Å². The maximum absolute atomic E-state index is 11.4. The van der Waals surface area contributed by atoms with E-state index in [2.05, 4.69) is 4.98 Å². The zero-order valence-corrected chi connectivity index (χ0v) is 10.00. The lowest BCUT2D eigenvalue weighted by molar-refractivity contribution is -0.124. The molecule has 98 valence electrons. The van der Waals surface area contributed by atoms with Crippen LogP contribution in [0.4, 0.5) is 5.69 Å². The van der Waals surface area contributed by atoms with E-state index in [0.29, 0.717) is 12.1 Å². The molecular weight excluding hydrogens is 238 g/mol. The van der Waals surface area contributed by atoms with Gasteiger partial charge in [0.1, 0.15) is 0 Å². The minimum absolute atomic E-state index is 0.0364. The average molecular weight is 253 g/mol. The van der Waals surface area contributed by atoms with Crippen molar-refractivity contribution in [3.63, 3.8) is 0 Å². The van der Waals surface area contributed by atoms with Crippen LogP contribution in [0.3, 0.4) is 0 Å². The Morgan fingerprint density at radius 1 is 1.50 bits per heavy atom. The van der Waals surface area contributed by atoms with Crippen molar-refractivity contribution in [1.29, 1.82) is 0 Å². The van der Waals surface area contributed by atoms with E-state index < -0.39 is 5.91 Å². The summed E-state index contributed by atoms with van der Waals surface area (Å²) in [5.41, 5.74) is 5.63. The van der Waals surface area contributed by atoms with Gasteiger partial charge in [-0.15, -0.1) is 0 Å². The van der Waals surface area contributed by atoms with Gasteiger partial charge in [-0.25, -0.2) is 0 Å². The van der Waals surface area contributed by atoms with Crippen LogP contribution in [-0.2, 0) is 9.63 Å². The van der Waals surface area contributed by atoms with E-state index in [0.717, 1.165) is 5.06 Å². The molecule has 0 spiro atoms. The van der Waals surface area contributed by atoms with Crippen LogP contribution >= 0.6 is 0 Å². The highest BCUT2D eigenvalue weighted by Crippen LogP contribution is 2.15. The third-order valence-electron chi connectivity index (χ3n) is 2.05. The average Bonchev–Trinajstić information content (AvgIpc) is 2.34. The van der Waals surface area contributed by atoms with Crippen LogP contribution in [-0.4, -0.2) is 35.1 Å². The summed E-state index contributed by atoms with van der Waals surface area (Å²) in [5.74, 6) is -1.00. The van der Waals surface area contributed by atoms with E-state index in [1.54, 1.807) is 0 Å². The van der Waals surface area contributed by atoms with Crippen LogP contribution in [0.15, 0.2) is 18.5 Å². The Morgan fingerprint density at radius 2 is 2.22 bits per heavy atom. The summed E-state index contributed by atoms with van der Waals surface area (Å²) >= 11 is 0. The van der Waals surface area contributed by atoms with Gasteiger partial charge >= 0.3 is 0 Å². The predicted molar refractivity (Wildman–Crippen MR) is 63.6 cm³/mol. The van der Waals surface area contributed by atoms with Gasteiger partial charge in [-0.3, -0.25) is 19.4 Å². The molecule has 0 unspecified atom stereocenters. The fraction of sp³-hybridized carbons (Fsp3) is 0.364. The van der Waals surface area contributed by atoms with Gasteiger partial charge < -0.3 is 10.8 Å². The second kappa shape index (κ2) is 6.67. The maximum Gasteiger partial charge on any atom is 0.250 e. The number of aliphatic hydroxyl groups excluding tert-OH is 1. The summed E-state index contributed by atoms with van der Waals surface area (Å²) in [6.45, 7) is 1.46. The molecule has 0 aliphatic rings. The molecule has 0 saturated carbocycles. The van der Waals surface area contributed by atoms with Gasteiger partial charge in [0.05, 0.1) is 24.1 Å². The van der Waals surface area contributed by atoms with Crippen molar-refractivity contribution < 1.29 is 19.5 Å². The van der Waals surface area contributed by atoms with Gasteiger partial charge in [-0.05, 0) is 12.5 Å². The number of nitrogens with zero attached hydrogens (tertiary/aromatic N) is 2. The van der Waals surface area contributed by atoms with E-state index >= 15 is 0 Å². The third-order valence-corrected chi connectivity index (χ3v) is 2.05. The molecule has 0 aromatic carbocycles. The zero-order valence-electron chi connectivity index (χ0n) is 10.00. The number of aromatic nitrogens is 1. The van der Waals surface area contributed by atoms with E-state index in [4.69, 9.17) is 15.7 Å². The summed E-state index contributed by atoms with van der Waals surface area (Å²) in [6, 6.07) is 1.41. The molecule has 1 aromatic heterocycles. The third kappa shape index (κ3) is 3.79. The molecule has 1 heterocycles. The molecule has 7 nitrogen and oxygen atoms in total. The molecule has 0 saturated heterocycles.